The second kappa shape index (κ2) is 5.45. The van der Waals surface area contributed by atoms with Crippen LogP contribution in [0.1, 0.15) is 29.1 Å². The third kappa shape index (κ3) is 2.85. The van der Waals surface area contributed by atoms with Crippen LogP contribution in [0.25, 0.3) is 0 Å². The van der Waals surface area contributed by atoms with E-state index in [1.54, 1.807) is 13.0 Å². The molecular weight excluding hydrogens is 322 g/mol. The highest BCUT2D eigenvalue weighted by Crippen LogP contribution is 2.18. The Balaban J connectivity index is 2.15. The second-order valence-corrected chi connectivity index (χ2v) is 4.83. The number of hydrogen-bond acceptors (Lipinski definition) is 4. The second-order valence-electron chi connectivity index (χ2n) is 3.56. The van der Waals surface area contributed by atoms with Gasteiger partial charge in [0.25, 0.3) is 5.91 Å². The minimum absolute atomic E-state index is 0.153. The lowest BCUT2D eigenvalue weighted by atomic mass is 10.2. The normalized spacial score (nSPS) is 12.2. The minimum Gasteiger partial charge on any atom is -0.342 e. The van der Waals surface area contributed by atoms with Crippen LogP contribution in [0.15, 0.2) is 23.1 Å². The molecule has 0 spiro atoms. The summed E-state index contributed by atoms with van der Waals surface area (Å²) in [5.41, 5.74) is 0.303. The molecule has 8 heteroatoms. The van der Waals surface area contributed by atoms with Crippen molar-refractivity contribution in [3.63, 3.8) is 0 Å². The van der Waals surface area contributed by atoms with E-state index < -0.39 is 0 Å². The van der Waals surface area contributed by atoms with Gasteiger partial charge in [0.1, 0.15) is 17.3 Å². The highest BCUT2D eigenvalue weighted by Gasteiger charge is 2.16. The molecule has 0 aliphatic heterocycles. The van der Waals surface area contributed by atoms with Gasteiger partial charge in [0.05, 0.1) is 11.6 Å². The molecular formula is C10H9BrClN5O. The van der Waals surface area contributed by atoms with Crippen molar-refractivity contribution in [2.45, 2.75) is 13.0 Å². The number of pyridine rings is 1. The van der Waals surface area contributed by atoms with E-state index in [-0.39, 0.29) is 17.1 Å². The Morgan fingerprint density at radius 2 is 2.33 bits per heavy atom. The predicted molar refractivity (Wildman–Crippen MR) is 69.2 cm³/mol. The van der Waals surface area contributed by atoms with Crippen molar-refractivity contribution in [2.24, 2.45) is 0 Å². The average Bonchev–Trinajstić information content (AvgIpc) is 2.85. The SMILES string of the molecule is CC(NC(=O)c1cc(Br)cnc1Cl)c1ncn[nH]1. The largest absolute Gasteiger partial charge is 0.342 e. The Morgan fingerprint density at radius 1 is 1.56 bits per heavy atom. The number of nitrogens with one attached hydrogen (secondary N) is 2. The van der Waals surface area contributed by atoms with Crippen molar-refractivity contribution in [1.82, 2.24) is 25.5 Å². The standard InChI is InChI=1S/C10H9BrClN5O/c1-5(9-14-4-15-17-9)16-10(18)7-2-6(11)3-13-8(7)12/h2-5H,1H3,(H,16,18)(H,14,15,17). The summed E-state index contributed by atoms with van der Waals surface area (Å²) in [6, 6.07) is 1.31. The molecule has 2 aromatic rings. The Bertz CT molecular complexity index is 559. The quantitative estimate of drug-likeness (QED) is 0.844. The number of H-pyrrole nitrogens is 1. The molecule has 2 aromatic heterocycles. The van der Waals surface area contributed by atoms with Crippen molar-refractivity contribution in [2.75, 3.05) is 0 Å². The summed E-state index contributed by atoms with van der Waals surface area (Å²) in [6.07, 6.45) is 2.91. The minimum atomic E-state index is -0.322. The first kappa shape index (κ1) is 13.0. The van der Waals surface area contributed by atoms with Gasteiger partial charge in [-0.3, -0.25) is 9.89 Å². The zero-order valence-electron chi connectivity index (χ0n) is 9.32. The molecule has 1 unspecified atom stereocenters. The molecule has 0 aromatic carbocycles. The maximum atomic E-state index is 12.0. The van der Waals surface area contributed by atoms with Crippen LogP contribution in [0.5, 0.6) is 0 Å². The molecule has 0 bridgehead atoms. The van der Waals surface area contributed by atoms with Crippen LogP contribution in [0.4, 0.5) is 0 Å². The van der Waals surface area contributed by atoms with Crippen LogP contribution >= 0.6 is 27.5 Å². The number of nitrogens with zero attached hydrogens (tertiary/aromatic N) is 3. The third-order valence-electron chi connectivity index (χ3n) is 2.24. The zero-order valence-corrected chi connectivity index (χ0v) is 11.7. The van der Waals surface area contributed by atoms with E-state index in [1.165, 1.54) is 12.5 Å². The summed E-state index contributed by atoms with van der Waals surface area (Å²) >= 11 is 9.11. The summed E-state index contributed by atoms with van der Waals surface area (Å²) in [4.78, 5) is 19.9. The van der Waals surface area contributed by atoms with Crippen LogP contribution in [-0.2, 0) is 0 Å². The van der Waals surface area contributed by atoms with Gasteiger partial charge >= 0.3 is 0 Å². The highest BCUT2D eigenvalue weighted by atomic mass is 79.9. The van der Waals surface area contributed by atoms with E-state index in [4.69, 9.17) is 11.6 Å². The number of halogens is 2. The van der Waals surface area contributed by atoms with E-state index in [2.05, 4.69) is 41.4 Å². The molecule has 0 saturated heterocycles. The summed E-state index contributed by atoms with van der Waals surface area (Å²) in [5, 5.41) is 9.31. The zero-order chi connectivity index (χ0) is 13.1. The van der Waals surface area contributed by atoms with E-state index in [9.17, 15) is 4.79 Å². The number of aromatic amines is 1. The molecule has 2 rings (SSSR count). The fourth-order valence-electron chi connectivity index (χ4n) is 1.35. The van der Waals surface area contributed by atoms with Gasteiger partial charge in [-0.1, -0.05) is 11.6 Å². The number of amides is 1. The molecule has 0 saturated carbocycles. The van der Waals surface area contributed by atoms with Gasteiger partial charge in [-0.25, -0.2) is 9.97 Å². The first-order chi connectivity index (χ1) is 8.58. The molecule has 94 valence electrons. The van der Waals surface area contributed by atoms with Crippen LogP contribution < -0.4 is 5.32 Å². The number of hydrogen-bond donors (Lipinski definition) is 2. The number of carbonyl (C=O) groups excluding carboxylic acids is 1. The van der Waals surface area contributed by atoms with Crippen molar-refractivity contribution >= 4 is 33.4 Å². The maximum Gasteiger partial charge on any atom is 0.255 e. The van der Waals surface area contributed by atoms with Crippen molar-refractivity contribution in [3.05, 3.63) is 39.6 Å². The summed E-state index contributed by atoms with van der Waals surface area (Å²) in [5.74, 6) is 0.250. The molecule has 1 atom stereocenters. The molecule has 0 radical (unpaired) electrons. The fraction of sp³-hybridized carbons (Fsp3) is 0.200. The molecule has 2 N–H and O–H groups in total. The lowest BCUT2D eigenvalue weighted by molar-refractivity contribution is 0.0938. The van der Waals surface area contributed by atoms with Crippen LogP contribution in [0, 0.1) is 0 Å². The molecule has 0 aliphatic rings. The average molecular weight is 331 g/mol. The van der Waals surface area contributed by atoms with E-state index in [0.717, 1.165) is 0 Å². The Kier molecular flexibility index (Phi) is 3.93. The topological polar surface area (TPSA) is 83.6 Å². The lowest BCUT2D eigenvalue weighted by Crippen LogP contribution is -2.27. The van der Waals surface area contributed by atoms with Gasteiger partial charge in [0.15, 0.2) is 0 Å². The molecule has 0 aliphatic carbocycles. The molecule has 0 fully saturated rings. The number of rotatable bonds is 3. The Labute approximate surface area is 116 Å². The van der Waals surface area contributed by atoms with E-state index in [0.29, 0.717) is 15.9 Å². The van der Waals surface area contributed by atoms with Crippen molar-refractivity contribution < 1.29 is 4.79 Å². The fourth-order valence-corrected chi connectivity index (χ4v) is 1.87. The van der Waals surface area contributed by atoms with Gasteiger partial charge in [-0.05, 0) is 28.9 Å². The highest BCUT2D eigenvalue weighted by molar-refractivity contribution is 9.10. The van der Waals surface area contributed by atoms with Crippen LogP contribution in [0.2, 0.25) is 5.15 Å². The third-order valence-corrected chi connectivity index (χ3v) is 2.98. The molecule has 2 heterocycles. The number of aromatic nitrogens is 4. The first-order valence-electron chi connectivity index (χ1n) is 5.05. The van der Waals surface area contributed by atoms with Gasteiger partial charge in [0, 0.05) is 10.7 Å². The summed E-state index contributed by atoms with van der Waals surface area (Å²) < 4.78 is 0.685. The molecule has 18 heavy (non-hydrogen) atoms. The first-order valence-corrected chi connectivity index (χ1v) is 6.22. The smallest absolute Gasteiger partial charge is 0.255 e. The van der Waals surface area contributed by atoms with Gasteiger partial charge in [-0.15, -0.1) is 0 Å². The molecule has 6 nitrogen and oxygen atoms in total. The predicted octanol–water partition coefficient (Wildman–Crippen LogP) is 2.11. The number of carbonyl (C=O) groups is 1. The summed E-state index contributed by atoms with van der Waals surface area (Å²) in [7, 11) is 0. The van der Waals surface area contributed by atoms with Gasteiger partial charge in [0.2, 0.25) is 0 Å². The van der Waals surface area contributed by atoms with Gasteiger partial charge < -0.3 is 5.32 Å². The lowest BCUT2D eigenvalue weighted by Gasteiger charge is -2.11. The Hall–Kier alpha value is -1.47. The molecule has 1 amide bonds. The van der Waals surface area contributed by atoms with Crippen molar-refractivity contribution in [1.29, 1.82) is 0 Å². The van der Waals surface area contributed by atoms with Crippen molar-refractivity contribution in [3.8, 4) is 0 Å². The van der Waals surface area contributed by atoms with Gasteiger partial charge in [-0.2, -0.15) is 5.10 Å². The summed E-state index contributed by atoms with van der Waals surface area (Å²) in [6.45, 7) is 1.79. The van der Waals surface area contributed by atoms with E-state index in [1.807, 2.05) is 0 Å². The Morgan fingerprint density at radius 3 is 3.00 bits per heavy atom. The van der Waals surface area contributed by atoms with Crippen LogP contribution in [0.3, 0.4) is 0 Å². The van der Waals surface area contributed by atoms with E-state index >= 15 is 0 Å². The maximum absolute atomic E-state index is 12.0. The van der Waals surface area contributed by atoms with Crippen LogP contribution in [-0.4, -0.2) is 26.1 Å². The monoisotopic (exact) mass is 329 g/mol.